The summed E-state index contributed by atoms with van der Waals surface area (Å²) in [7, 11) is 0. The maximum absolute atomic E-state index is 12.5. The van der Waals surface area contributed by atoms with E-state index in [1.54, 1.807) is 24.3 Å². The van der Waals surface area contributed by atoms with E-state index in [0.29, 0.717) is 31.3 Å². The standard InChI is InChI=1S/C21H29NO5/c23-20(22-19(21(24)25)17-7-4-12-26-14-17)16-8-10-18(11-9-16)27-13-15-5-2-1-3-6-15/h8-11,15,17,19H,1-7,12-14H2,(H,22,23)(H,24,25). The van der Waals surface area contributed by atoms with Gasteiger partial charge in [-0.05, 0) is 55.9 Å². The van der Waals surface area contributed by atoms with E-state index in [9.17, 15) is 14.7 Å². The molecule has 1 aliphatic heterocycles. The van der Waals surface area contributed by atoms with Crippen molar-refractivity contribution in [3.63, 3.8) is 0 Å². The molecule has 2 atom stereocenters. The van der Waals surface area contributed by atoms with Gasteiger partial charge in [-0.1, -0.05) is 19.3 Å². The zero-order chi connectivity index (χ0) is 19.1. The van der Waals surface area contributed by atoms with Crippen molar-refractivity contribution >= 4 is 11.9 Å². The van der Waals surface area contributed by atoms with Crippen LogP contribution in [0.5, 0.6) is 5.75 Å². The number of carboxylic acids is 1. The Morgan fingerprint density at radius 2 is 1.85 bits per heavy atom. The first-order valence-electron chi connectivity index (χ1n) is 9.98. The van der Waals surface area contributed by atoms with Gasteiger partial charge in [0.15, 0.2) is 0 Å². The number of nitrogens with one attached hydrogen (secondary N) is 1. The van der Waals surface area contributed by atoms with E-state index in [0.717, 1.165) is 18.6 Å². The van der Waals surface area contributed by atoms with Crippen molar-refractivity contribution in [2.45, 2.75) is 51.0 Å². The highest BCUT2D eigenvalue weighted by Crippen LogP contribution is 2.25. The summed E-state index contributed by atoms with van der Waals surface area (Å²) >= 11 is 0. The Balaban J connectivity index is 1.53. The highest BCUT2D eigenvalue weighted by atomic mass is 16.5. The summed E-state index contributed by atoms with van der Waals surface area (Å²) in [5.41, 5.74) is 0.433. The van der Waals surface area contributed by atoms with E-state index in [2.05, 4.69) is 5.32 Å². The number of benzene rings is 1. The predicted octanol–water partition coefficient (Wildman–Crippen LogP) is 3.26. The van der Waals surface area contributed by atoms with E-state index >= 15 is 0 Å². The van der Waals surface area contributed by atoms with Gasteiger partial charge >= 0.3 is 5.97 Å². The average molecular weight is 375 g/mol. The summed E-state index contributed by atoms with van der Waals surface area (Å²) in [4.78, 5) is 24.0. The molecule has 0 aromatic heterocycles. The first kappa shape index (κ1) is 19.7. The topological polar surface area (TPSA) is 84.9 Å². The SMILES string of the molecule is O=C(NC(C(=O)O)C1CCCOC1)c1ccc(OCC2CCCCC2)cc1. The van der Waals surface area contributed by atoms with Crippen molar-refractivity contribution in [2.75, 3.05) is 19.8 Å². The Hall–Kier alpha value is -2.08. The fraction of sp³-hybridized carbons (Fsp3) is 0.619. The first-order chi connectivity index (χ1) is 13.1. The summed E-state index contributed by atoms with van der Waals surface area (Å²) in [5, 5.41) is 12.1. The molecule has 2 N–H and O–H groups in total. The maximum atomic E-state index is 12.5. The number of carbonyl (C=O) groups excluding carboxylic acids is 1. The molecular formula is C21H29NO5. The van der Waals surface area contributed by atoms with Crippen LogP contribution in [0.1, 0.15) is 55.3 Å². The molecule has 3 rings (SSSR count). The van der Waals surface area contributed by atoms with Crippen LogP contribution in [0.3, 0.4) is 0 Å². The molecule has 1 amide bonds. The van der Waals surface area contributed by atoms with E-state index < -0.39 is 12.0 Å². The van der Waals surface area contributed by atoms with Gasteiger partial charge in [0, 0.05) is 18.1 Å². The summed E-state index contributed by atoms with van der Waals surface area (Å²) in [6.07, 6.45) is 7.89. The molecule has 0 spiro atoms. The molecule has 27 heavy (non-hydrogen) atoms. The van der Waals surface area contributed by atoms with E-state index in [-0.39, 0.29) is 11.8 Å². The molecule has 1 heterocycles. The Kier molecular flexibility index (Phi) is 7.10. The quantitative estimate of drug-likeness (QED) is 0.764. The van der Waals surface area contributed by atoms with E-state index in [4.69, 9.17) is 9.47 Å². The smallest absolute Gasteiger partial charge is 0.326 e. The Bertz CT molecular complexity index is 618. The number of ether oxygens (including phenoxy) is 2. The van der Waals surface area contributed by atoms with Crippen LogP contribution in [0, 0.1) is 11.8 Å². The van der Waals surface area contributed by atoms with Gasteiger partial charge in [-0.2, -0.15) is 0 Å². The minimum atomic E-state index is -1.02. The normalized spacial score (nSPS) is 22.0. The molecular weight excluding hydrogens is 346 g/mol. The summed E-state index contributed by atoms with van der Waals surface area (Å²) in [6.45, 7) is 1.73. The second-order valence-corrected chi connectivity index (χ2v) is 7.61. The zero-order valence-electron chi connectivity index (χ0n) is 15.7. The van der Waals surface area contributed by atoms with Crippen molar-refractivity contribution in [1.82, 2.24) is 5.32 Å². The molecule has 2 fully saturated rings. The minimum absolute atomic E-state index is 0.196. The predicted molar refractivity (Wildman–Crippen MR) is 101 cm³/mol. The third-order valence-electron chi connectivity index (χ3n) is 5.55. The van der Waals surface area contributed by atoms with Crippen molar-refractivity contribution in [3.8, 4) is 5.75 Å². The van der Waals surface area contributed by atoms with Gasteiger partial charge in [0.25, 0.3) is 5.91 Å². The molecule has 1 aromatic rings. The van der Waals surface area contributed by atoms with Gasteiger partial charge < -0.3 is 19.9 Å². The molecule has 2 unspecified atom stereocenters. The van der Waals surface area contributed by atoms with E-state index in [1.807, 2.05) is 0 Å². The fourth-order valence-corrected chi connectivity index (χ4v) is 3.90. The highest BCUT2D eigenvalue weighted by Gasteiger charge is 2.31. The van der Waals surface area contributed by atoms with Gasteiger partial charge in [-0.15, -0.1) is 0 Å². The largest absolute Gasteiger partial charge is 0.493 e. The third kappa shape index (κ3) is 5.70. The summed E-state index contributed by atoms with van der Waals surface area (Å²) in [5.74, 6) is -0.236. The van der Waals surface area contributed by atoms with Crippen molar-refractivity contribution < 1.29 is 24.2 Å². The molecule has 148 valence electrons. The lowest BCUT2D eigenvalue weighted by atomic mass is 9.90. The number of carbonyl (C=O) groups is 2. The molecule has 0 bridgehead atoms. The molecule has 6 heteroatoms. The average Bonchev–Trinajstić information content (AvgIpc) is 2.72. The number of hydrogen-bond acceptors (Lipinski definition) is 4. The third-order valence-corrected chi connectivity index (χ3v) is 5.55. The Morgan fingerprint density at radius 1 is 1.11 bits per heavy atom. The van der Waals surface area contributed by atoms with Crippen molar-refractivity contribution in [2.24, 2.45) is 11.8 Å². The minimum Gasteiger partial charge on any atom is -0.493 e. The van der Waals surface area contributed by atoms with Crippen LogP contribution >= 0.6 is 0 Å². The monoisotopic (exact) mass is 375 g/mol. The Morgan fingerprint density at radius 3 is 2.48 bits per heavy atom. The van der Waals surface area contributed by atoms with Crippen LogP contribution in [0.15, 0.2) is 24.3 Å². The number of aliphatic carboxylic acids is 1. The molecule has 1 saturated heterocycles. The van der Waals surface area contributed by atoms with Gasteiger partial charge in [0.05, 0.1) is 13.2 Å². The van der Waals surface area contributed by atoms with Gasteiger partial charge in [0.2, 0.25) is 0 Å². The Labute approximate surface area is 160 Å². The number of rotatable bonds is 7. The van der Waals surface area contributed by atoms with Gasteiger partial charge in [0.1, 0.15) is 11.8 Å². The molecule has 1 saturated carbocycles. The second-order valence-electron chi connectivity index (χ2n) is 7.61. The van der Waals surface area contributed by atoms with Gasteiger partial charge in [-0.3, -0.25) is 4.79 Å². The molecule has 0 radical (unpaired) electrons. The molecule has 1 aromatic carbocycles. The zero-order valence-corrected chi connectivity index (χ0v) is 15.7. The van der Waals surface area contributed by atoms with Crippen LogP contribution in [-0.4, -0.2) is 42.8 Å². The van der Waals surface area contributed by atoms with Crippen LogP contribution in [0.25, 0.3) is 0 Å². The number of amides is 1. The van der Waals surface area contributed by atoms with Crippen molar-refractivity contribution in [1.29, 1.82) is 0 Å². The summed E-state index contributed by atoms with van der Waals surface area (Å²) < 4.78 is 11.2. The van der Waals surface area contributed by atoms with Crippen LogP contribution in [0.4, 0.5) is 0 Å². The highest BCUT2D eigenvalue weighted by molar-refractivity contribution is 5.96. The van der Waals surface area contributed by atoms with Crippen LogP contribution < -0.4 is 10.1 Å². The fourth-order valence-electron chi connectivity index (χ4n) is 3.90. The number of hydrogen-bond donors (Lipinski definition) is 2. The lowest BCUT2D eigenvalue weighted by molar-refractivity contribution is -0.142. The molecule has 6 nitrogen and oxygen atoms in total. The lowest BCUT2D eigenvalue weighted by Crippen LogP contribution is -2.48. The summed E-state index contributed by atoms with van der Waals surface area (Å²) in [6, 6.07) is 5.98. The van der Waals surface area contributed by atoms with Crippen LogP contribution in [-0.2, 0) is 9.53 Å². The number of carboxylic acid groups (broad SMARTS) is 1. The maximum Gasteiger partial charge on any atom is 0.326 e. The van der Waals surface area contributed by atoms with Gasteiger partial charge in [-0.25, -0.2) is 4.79 Å². The first-order valence-corrected chi connectivity index (χ1v) is 9.98. The second kappa shape index (κ2) is 9.74. The molecule has 1 aliphatic carbocycles. The van der Waals surface area contributed by atoms with E-state index in [1.165, 1.54) is 32.1 Å². The molecule has 2 aliphatic rings. The van der Waals surface area contributed by atoms with Crippen LogP contribution in [0.2, 0.25) is 0 Å². The van der Waals surface area contributed by atoms with Crippen molar-refractivity contribution in [3.05, 3.63) is 29.8 Å². The lowest BCUT2D eigenvalue weighted by Gasteiger charge is -2.28.